The van der Waals surface area contributed by atoms with Gasteiger partial charge in [-0.2, -0.15) is 0 Å². The fourth-order valence-corrected chi connectivity index (χ4v) is 5.86. The van der Waals surface area contributed by atoms with Crippen molar-refractivity contribution in [3.63, 3.8) is 0 Å². The fourth-order valence-electron chi connectivity index (χ4n) is 5.86. The van der Waals surface area contributed by atoms with Gasteiger partial charge in [0.2, 0.25) is 12.7 Å². The van der Waals surface area contributed by atoms with Crippen LogP contribution in [0.1, 0.15) is 43.2 Å². The number of carboxylic acid groups (broad SMARTS) is 1. The maximum absolute atomic E-state index is 13.9. The molecule has 0 bridgehead atoms. The Kier molecular flexibility index (Phi) is 8.66. The lowest BCUT2D eigenvalue weighted by Gasteiger charge is -2.30. The third-order valence-electron chi connectivity index (χ3n) is 7.93. The Hall–Kier alpha value is -3.89. The number of anilines is 1. The number of rotatable bonds is 12. The zero-order valence-corrected chi connectivity index (χ0v) is 22.8. The second-order valence-corrected chi connectivity index (χ2v) is 10.4. The minimum atomic E-state index is -0.869. The molecule has 1 fully saturated rings. The largest absolute Gasteiger partial charge is 0.481 e. The van der Waals surface area contributed by atoms with E-state index in [1.165, 1.54) is 0 Å². The van der Waals surface area contributed by atoms with Gasteiger partial charge in [-0.3, -0.25) is 14.5 Å². The Labute approximate surface area is 234 Å². The Bertz CT molecular complexity index is 1310. The number of carbonyl (C=O) groups excluding carboxylic acids is 1. The number of aryl methyl sites for hydroxylation is 1. The van der Waals surface area contributed by atoms with E-state index in [0.717, 1.165) is 29.7 Å². The van der Waals surface area contributed by atoms with Crippen LogP contribution in [-0.4, -0.2) is 63.9 Å². The zero-order valence-electron chi connectivity index (χ0n) is 22.8. The van der Waals surface area contributed by atoms with Crippen LogP contribution in [0.5, 0.6) is 11.5 Å². The number of aliphatic carboxylic acids is 1. The molecule has 1 aromatic heterocycles. The molecule has 3 heterocycles. The Morgan fingerprint density at radius 1 is 1.18 bits per heavy atom. The smallest absolute Gasteiger partial charge is 0.308 e. The predicted molar refractivity (Wildman–Crippen MR) is 150 cm³/mol. The second-order valence-electron chi connectivity index (χ2n) is 10.4. The van der Waals surface area contributed by atoms with Crippen molar-refractivity contribution in [1.29, 1.82) is 0 Å². The summed E-state index contributed by atoms with van der Waals surface area (Å²) < 4.78 is 13.0. The quantitative estimate of drug-likeness (QED) is 0.353. The summed E-state index contributed by atoms with van der Waals surface area (Å²) >= 11 is 0. The molecular formula is C30H37N5O5. The highest BCUT2D eigenvalue weighted by atomic mass is 16.7. The Balaban J connectivity index is 1.43. The summed E-state index contributed by atoms with van der Waals surface area (Å²) in [7, 11) is 0. The van der Waals surface area contributed by atoms with Crippen molar-refractivity contribution in [2.45, 2.75) is 51.2 Å². The topological polar surface area (TPSA) is 123 Å². The molecule has 0 saturated carbocycles. The zero-order chi connectivity index (χ0) is 28.1. The third kappa shape index (κ3) is 5.97. The van der Waals surface area contributed by atoms with Crippen LogP contribution in [0.3, 0.4) is 0 Å². The van der Waals surface area contributed by atoms with Crippen LogP contribution in [-0.2, 0) is 22.7 Å². The molecule has 0 spiro atoms. The van der Waals surface area contributed by atoms with Gasteiger partial charge in [-0.1, -0.05) is 31.5 Å². The highest BCUT2D eigenvalue weighted by Gasteiger charge is 2.47. The van der Waals surface area contributed by atoms with E-state index in [1.54, 1.807) is 12.5 Å². The van der Waals surface area contributed by atoms with Crippen molar-refractivity contribution in [3.8, 4) is 11.5 Å². The SMILES string of the molecule is CCCCN(C(=O)CN1CC(c2ccc3c(c2)OCO3)C(C(=O)O)C1CCn1ccnc1)c1cccc(CN)c1. The lowest BCUT2D eigenvalue weighted by Crippen LogP contribution is -2.45. The van der Waals surface area contributed by atoms with Gasteiger partial charge < -0.3 is 29.8 Å². The lowest BCUT2D eigenvalue weighted by molar-refractivity contribution is -0.143. The number of hydrogen-bond donors (Lipinski definition) is 2. The number of carboxylic acids is 1. The molecule has 3 atom stereocenters. The normalized spacial score (nSPS) is 20.1. The van der Waals surface area contributed by atoms with Gasteiger partial charge in [-0.25, -0.2) is 4.98 Å². The molecule has 1 amide bonds. The first-order valence-electron chi connectivity index (χ1n) is 13.9. The molecule has 2 aromatic carbocycles. The number of imidazole rings is 1. The molecular weight excluding hydrogens is 510 g/mol. The van der Waals surface area contributed by atoms with Crippen LogP contribution in [0.25, 0.3) is 0 Å². The van der Waals surface area contributed by atoms with Gasteiger partial charge in [-0.15, -0.1) is 0 Å². The molecule has 3 N–H and O–H groups in total. The van der Waals surface area contributed by atoms with E-state index >= 15 is 0 Å². The number of hydrogen-bond acceptors (Lipinski definition) is 7. The van der Waals surface area contributed by atoms with Crippen LogP contribution >= 0.6 is 0 Å². The van der Waals surface area contributed by atoms with E-state index in [9.17, 15) is 14.7 Å². The number of unbranched alkanes of at least 4 members (excludes halogenated alkanes) is 1. The average molecular weight is 548 g/mol. The van der Waals surface area contributed by atoms with E-state index in [2.05, 4.69) is 16.8 Å². The van der Waals surface area contributed by atoms with Crippen molar-refractivity contribution < 1.29 is 24.2 Å². The summed E-state index contributed by atoms with van der Waals surface area (Å²) in [5, 5.41) is 10.5. The second kappa shape index (κ2) is 12.5. The summed E-state index contributed by atoms with van der Waals surface area (Å²) in [6.45, 7) is 4.40. The van der Waals surface area contributed by atoms with Crippen LogP contribution in [0, 0.1) is 5.92 Å². The molecule has 5 rings (SSSR count). The first-order valence-corrected chi connectivity index (χ1v) is 13.9. The summed E-state index contributed by atoms with van der Waals surface area (Å²) in [4.78, 5) is 34.7. The van der Waals surface area contributed by atoms with E-state index in [0.29, 0.717) is 44.1 Å². The van der Waals surface area contributed by atoms with Gasteiger partial charge in [0.25, 0.3) is 0 Å². The number of likely N-dealkylation sites (tertiary alicyclic amines) is 1. The van der Waals surface area contributed by atoms with E-state index in [-0.39, 0.29) is 31.2 Å². The maximum Gasteiger partial charge on any atom is 0.308 e. The number of nitrogens with zero attached hydrogens (tertiary/aromatic N) is 4. The summed E-state index contributed by atoms with van der Waals surface area (Å²) in [5.41, 5.74) is 8.52. The van der Waals surface area contributed by atoms with Gasteiger partial charge in [0.1, 0.15) is 0 Å². The first-order chi connectivity index (χ1) is 19.5. The molecule has 1 saturated heterocycles. The van der Waals surface area contributed by atoms with Gasteiger partial charge in [0.05, 0.1) is 18.8 Å². The standard InChI is InChI=1S/C30H37N5O5/c1-2-3-11-35(23-6-4-5-21(14-23)16-31)28(36)18-34-17-24(22-7-8-26-27(15-22)40-20-39-26)29(30(37)38)25(34)9-12-33-13-10-32-19-33/h4-8,10,13-15,19,24-25,29H,2-3,9,11-12,16-18,20,31H2,1H3,(H,37,38). The van der Waals surface area contributed by atoms with E-state index < -0.39 is 11.9 Å². The third-order valence-corrected chi connectivity index (χ3v) is 7.93. The van der Waals surface area contributed by atoms with E-state index in [4.69, 9.17) is 15.2 Å². The van der Waals surface area contributed by atoms with Gasteiger partial charge in [0.15, 0.2) is 11.5 Å². The molecule has 10 heteroatoms. The van der Waals surface area contributed by atoms with Gasteiger partial charge in [0, 0.05) is 56.2 Å². The fraction of sp³-hybridized carbons (Fsp3) is 0.433. The van der Waals surface area contributed by atoms with Crippen molar-refractivity contribution in [2.75, 3.05) is 31.3 Å². The molecule has 0 aliphatic carbocycles. The van der Waals surface area contributed by atoms with Crippen LogP contribution in [0.2, 0.25) is 0 Å². The van der Waals surface area contributed by atoms with Gasteiger partial charge >= 0.3 is 5.97 Å². The molecule has 212 valence electrons. The Morgan fingerprint density at radius 2 is 2.02 bits per heavy atom. The Morgan fingerprint density at radius 3 is 2.77 bits per heavy atom. The van der Waals surface area contributed by atoms with E-state index in [1.807, 2.05) is 58.1 Å². The number of benzene rings is 2. The molecule has 2 aliphatic heterocycles. The molecule has 2 aliphatic rings. The number of amides is 1. The minimum Gasteiger partial charge on any atom is -0.481 e. The van der Waals surface area contributed by atoms with Crippen LogP contribution < -0.4 is 20.1 Å². The highest BCUT2D eigenvalue weighted by molar-refractivity contribution is 5.95. The van der Waals surface area contributed by atoms with Crippen LogP contribution in [0.4, 0.5) is 5.69 Å². The highest BCUT2D eigenvalue weighted by Crippen LogP contribution is 2.43. The van der Waals surface area contributed by atoms with Crippen molar-refractivity contribution >= 4 is 17.6 Å². The molecule has 10 nitrogen and oxygen atoms in total. The summed E-state index contributed by atoms with van der Waals surface area (Å²) in [5.74, 6) is -0.642. The number of fused-ring (bicyclic) bond motifs is 1. The summed E-state index contributed by atoms with van der Waals surface area (Å²) in [6, 6.07) is 13.1. The average Bonchev–Trinajstić information content (AvgIpc) is 3.72. The number of carbonyl (C=O) groups is 2. The van der Waals surface area contributed by atoms with Gasteiger partial charge in [-0.05, 0) is 48.2 Å². The maximum atomic E-state index is 13.9. The molecule has 3 unspecified atom stereocenters. The minimum absolute atomic E-state index is 0.0503. The predicted octanol–water partition coefficient (Wildman–Crippen LogP) is 3.46. The number of ether oxygens (including phenoxy) is 2. The molecule has 40 heavy (non-hydrogen) atoms. The van der Waals surface area contributed by atoms with Crippen molar-refractivity contribution in [1.82, 2.24) is 14.5 Å². The van der Waals surface area contributed by atoms with Crippen molar-refractivity contribution in [3.05, 3.63) is 72.3 Å². The van der Waals surface area contributed by atoms with Crippen molar-refractivity contribution in [2.24, 2.45) is 11.7 Å². The number of aromatic nitrogens is 2. The molecule has 0 radical (unpaired) electrons. The summed E-state index contributed by atoms with van der Waals surface area (Å²) in [6.07, 6.45) is 7.68. The molecule has 3 aromatic rings. The lowest BCUT2D eigenvalue weighted by atomic mass is 9.84. The number of nitrogens with two attached hydrogens (primary N) is 1. The van der Waals surface area contributed by atoms with Crippen LogP contribution in [0.15, 0.2) is 61.2 Å². The first kappa shape index (κ1) is 27.7. The monoisotopic (exact) mass is 547 g/mol.